The van der Waals surface area contributed by atoms with Crippen molar-refractivity contribution >= 4 is 41.3 Å². The molecule has 5 nitrogen and oxygen atoms in total. The van der Waals surface area contributed by atoms with E-state index in [0.29, 0.717) is 17.5 Å². The van der Waals surface area contributed by atoms with Crippen LogP contribution in [0.15, 0.2) is 70.3 Å². The van der Waals surface area contributed by atoms with E-state index in [2.05, 4.69) is 84.6 Å². The zero-order valence-electron chi connectivity index (χ0n) is 21.1. The highest BCUT2D eigenvalue weighted by Gasteiger charge is 2.43. The van der Waals surface area contributed by atoms with Crippen molar-refractivity contribution in [3.8, 4) is 0 Å². The van der Waals surface area contributed by atoms with Gasteiger partial charge in [-0.3, -0.25) is 9.59 Å². The Labute approximate surface area is 212 Å². The minimum Gasteiger partial charge on any atom is -0.593 e. The monoisotopic (exact) mass is 510 g/mol. The maximum Gasteiger partial charge on any atom is 0.257 e. The van der Waals surface area contributed by atoms with Crippen molar-refractivity contribution in [2.45, 2.75) is 63.9 Å². The van der Waals surface area contributed by atoms with Crippen molar-refractivity contribution in [1.29, 1.82) is 0 Å². The maximum absolute atomic E-state index is 12.6. The molecule has 1 fully saturated rings. The van der Waals surface area contributed by atoms with E-state index in [4.69, 9.17) is 0 Å². The number of benzene rings is 2. The van der Waals surface area contributed by atoms with Gasteiger partial charge in [0.25, 0.3) is 10.9 Å². The van der Waals surface area contributed by atoms with Crippen molar-refractivity contribution in [1.82, 2.24) is 0 Å². The third kappa shape index (κ3) is 5.35. The van der Waals surface area contributed by atoms with Gasteiger partial charge in [0.2, 0.25) is 0 Å². The summed E-state index contributed by atoms with van der Waals surface area (Å²) in [5.41, 5.74) is -0.247. The SMILES string of the molecule is CC1CC[C@@H]([C@@H](C)Nc2c(N[S+]([O-])C(C)(C)C)c(=O)c2=O)C1P(c1ccccc1)c1ccccc1. The molecule has 1 aliphatic rings. The molecule has 3 unspecified atom stereocenters. The van der Waals surface area contributed by atoms with Gasteiger partial charge in [-0.1, -0.05) is 67.6 Å². The van der Waals surface area contributed by atoms with Crippen molar-refractivity contribution in [2.75, 3.05) is 10.0 Å². The van der Waals surface area contributed by atoms with E-state index < -0.39 is 34.9 Å². The average molecular weight is 511 g/mol. The number of anilines is 2. The fourth-order valence-electron chi connectivity index (χ4n) is 5.09. The summed E-state index contributed by atoms with van der Waals surface area (Å²) in [6.07, 6.45) is 2.19. The van der Waals surface area contributed by atoms with E-state index in [-0.39, 0.29) is 17.4 Å². The Morgan fingerprint density at radius 3 is 1.94 bits per heavy atom. The van der Waals surface area contributed by atoms with E-state index in [0.717, 1.165) is 12.8 Å². The van der Waals surface area contributed by atoms with Gasteiger partial charge in [-0.15, -0.1) is 0 Å². The molecule has 0 radical (unpaired) electrons. The van der Waals surface area contributed by atoms with Gasteiger partial charge in [0.15, 0.2) is 5.69 Å². The van der Waals surface area contributed by atoms with Crippen LogP contribution < -0.4 is 31.5 Å². The highest BCUT2D eigenvalue weighted by atomic mass is 32.2. The lowest BCUT2D eigenvalue weighted by atomic mass is 9.97. The van der Waals surface area contributed by atoms with Crippen molar-refractivity contribution in [3.05, 3.63) is 81.1 Å². The van der Waals surface area contributed by atoms with Crippen LogP contribution in [0.1, 0.15) is 47.5 Å². The van der Waals surface area contributed by atoms with Crippen LogP contribution >= 0.6 is 7.92 Å². The molecule has 0 heterocycles. The molecule has 0 bridgehead atoms. The number of hydrogen-bond acceptors (Lipinski definition) is 5. The van der Waals surface area contributed by atoms with E-state index in [9.17, 15) is 14.1 Å². The van der Waals surface area contributed by atoms with Crippen LogP contribution in [0, 0.1) is 11.8 Å². The van der Waals surface area contributed by atoms with Crippen molar-refractivity contribution < 1.29 is 4.55 Å². The van der Waals surface area contributed by atoms with Crippen LogP contribution in [0.3, 0.4) is 0 Å². The van der Waals surface area contributed by atoms with Gasteiger partial charge in [-0.2, -0.15) is 0 Å². The second-order valence-corrected chi connectivity index (χ2v) is 14.9. The second-order valence-electron chi connectivity index (χ2n) is 10.6. The first-order valence-corrected chi connectivity index (χ1v) is 14.8. The van der Waals surface area contributed by atoms with Gasteiger partial charge >= 0.3 is 0 Å². The zero-order valence-corrected chi connectivity index (χ0v) is 22.8. The number of rotatable bonds is 8. The number of hydrogen-bond donors (Lipinski definition) is 2. The summed E-state index contributed by atoms with van der Waals surface area (Å²) in [4.78, 5) is 24.8. The molecule has 1 saturated carbocycles. The lowest BCUT2D eigenvalue weighted by Crippen LogP contribution is -2.45. The van der Waals surface area contributed by atoms with Crippen molar-refractivity contribution in [3.63, 3.8) is 0 Å². The molecule has 2 N–H and O–H groups in total. The van der Waals surface area contributed by atoms with E-state index in [1.54, 1.807) is 0 Å². The summed E-state index contributed by atoms with van der Waals surface area (Å²) in [6.45, 7) is 9.95. The minimum absolute atomic E-state index is 0.00528. The summed E-state index contributed by atoms with van der Waals surface area (Å²) in [5.74, 6) is 0.872. The van der Waals surface area contributed by atoms with Gasteiger partial charge in [0, 0.05) is 6.04 Å². The predicted molar refractivity (Wildman–Crippen MR) is 151 cm³/mol. The fraction of sp³-hybridized carbons (Fsp3) is 0.429. The Morgan fingerprint density at radius 1 is 0.914 bits per heavy atom. The lowest BCUT2D eigenvalue weighted by Gasteiger charge is -2.36. The molecule has 0 aliphatic heterocycles. The Bertz CT molecular complexity index is 1170. The first kappa shape index (κ1) is 25.9. The van der Waals surface area contributed by atoms with Gasteiger partial charge in [0.1, 0.15) is 10.4 Å². The van der Waals surface area contributed by atoms with Crippen LogP contribution in [0.25, 0.3) is 0 Å². The molecule has 1 aliphatic carbocycles. The minimum atomic E-state index is -1.48. The smallest absolute Gasteiger partial charge is 0.257 e. The molecule has 186 valence electrons. The van der Waals surface area contributed by atoms with Gasteiger partial charge in [-0.25, -0.2) is 4.72 Å². The molecule has 35 heavy (non-hydrogen) atoms. The lowest BCUT2D eigenvalue weighted by molar-refractivity contribution is 0.471. The van der Waals surface area contributed by atoms with Crippen LogP contribution in [0.4, 0.5) is 11.4 Å². The van der Waals surface area contributed by atoms with Crippen LogP contribution in [0.5, 0.6) is 0 Å². The van der Waals surface area contributed by atoms with E-state index in [1.807, 2.05) is 20.8 Å². The third-order valence-corrected chi connectivity index (χ3v) is 11.7. The standard InChI is InChI=1S/C28H35N2O3PS/c1-18-16-17-22(19(2)29-23-24(26(32)25(23)31)30-35(33)28(3,4)5)27(18)34(20-12-8-6-9-13-20)21-14-10-7-11-15-21/h6-15,18-19,22,27,29-30H,16-17H2,1-5H3/t18?,19-,22+,27?,35?/m1/s1. The Morgan fingerprint density at radius 2 is 1.43 bits per heavy atom. The third-order valence-electron chi connectivity index (χ3n) is 7.02. The van der Waals surface area contributed by atoms with Crippen LogP contribution in [-0.2, 0) is 11.4 Å². The van der Waals surface area contributed by atoms with Crippen LogP contribution in [0.2, 0.25) is 0 Å². The van der Waals surface area contributed by atoms with E-state index >= 15 is 0 Å². The first-order valence-electron chi connectivity index (χ1n) is 12.3. The topological polar surface area (TPSA) is 81.3 Å². The molecule has 0 aromatic heterocycles. The predicted octanol–water partition coefficient (Wildman–Crippen LogP) is 4.50. The molecule has 4 rings (SSSR count). The Hall–Kier alpha value is -2.14. The Kier molecular flexibility index (Phi) is 7.75. The molecule has 0 amide bonds. The molecule has 0 spiro atoms. The zero-order chi connectivity index (χ0) is 25.3. The summed E-state index contributed by atoms with van der Waals surface area (Å²) in [7, 11) is -0.607. The molecule has 0 saturated heterocycles. The largest absolute Gasteiger partial charge is 0.593 e. The fourth-order valence-corrected chi connectivity index (χ4v) is 9.20. The molecular formula is C28H35N2O3PS. The second kappa shape index (κ2) is 10.5. The summed E-state index contributed by atoms with van der Waals surface area (Å²) < 4.78 is 14.8. The number of nitrogens with one attached hydrogen (secondary N) is 2. The summed E-state index contributed by atoms with van der Waals surface area (Å²) >= 11 is -1.48. The van der Waals surface area contributed by atoms with Gasteiger partial charge in [0.05, 0.1) is 11.4 Å². The average Bonchev–Trinajstić information content (AvgIpc) is 3.22. The molecule has 5 atom stereocenters. The first-order chi connectivity index (χ1) is 16.6. The highest BCUT2D eigenvalue weighted by molar-refractivity contribution is 7.94. The Balaban J connectivity index is 1.62. The molecule has 3 aromatic rings. The molecular weight excluding hydrogens is 475 g/mol. The molecule has 3 aromatic carbocycles. The quantitative estimate of drug-likeness (QED) is 0.265. The summed E-state index contributed by atoms with van der Waals surface area (Å²) in [5, 5.41) is 6.10. The summed E-state index contributed by atoms with van der Waals surface area (Å²) in [6, 6.07) is 21.5. The van der Waals surface area contributed by atoms with E-state index in [1.165, 1.54) is 10.6 Å². The maximum atomic E-state index is 12.6. The van der Waals surface area contributed by atoms with Gasteiger partial charge in [-0.05, 0) is 76.6 Å². The molecule has 7 heteroatoms. The normalized spacial score (nSPS) is 22.3. The highest BCUT2D eigenvalue weighted by Crippen LogP contribution is 2.53. The van der Waals surface area contributed by atoms with Gasteiger partial charge < -0.3 is 9.87 Å². The van der Waals surface area contributed by atoms with Crippen LogP contribution in [-0.4, -0.2) is 21.0 Å². The van der Waals surface area contributed by atoms with Crippen molar-refractivity contribution in [2.24, 2.45) is 11.8 Å².